The van der Waals surface area contributed by atoms with Crippen LogP contribution in [0.3, 0.4) is 0 Å². The molecule has 3 rings (SSSR count). The van der Waals surface area contributed by atoms with E-state index in [0.29, 0.717) is 21.9 Å². The van der Waals surface area contributed by atoms with Crippen molar-refractivity contribution in [2.24, 2.45) is 0 Å². The van der Waals surface area contributed by atoms with Gasteiger partial charge in [-0.2, -0.15) is 5.26 Å². The van der Waals surface area contributed by atoms with Crippen LogP contribution in [0.15, 0.2) is 47.8 Å². The number of thiazole rings is 1. The normalized spacial score (nSPS) is 11.0. The van der Waals surface area contributed by atoms with Gasteiger partial charge in [0.1, 0.15) is 22.6 Å². The Morgan fingerprint density at radius 3 is 2.57 bits per heavy atom. The predicted molar refractivity (Wildman–Crippen MR) is 107 cm³/mol. The Morgan fingerprint density at radius 2 is 1.96 bits per heavy atom. The third kappa shape index (κ3) is 4.00. The lowest BCUT2D eigenvalue weighted by molar-refractivity contribution is -0.384. The fourth-order valence-corrected chi connectivity index (χ4v) is 3.33. The molecule has 0 aliphatic heterocycles. The highest BCUT2D eigenvalue weighted by atomic mass is 32.1. The van der Waals surface area contributed by atoms with E-state index in [2.05, 4.69) is 11.1 Å². The second-order valence-electron chi connectivity index (χ2n) is 5.62. The highest BCUT2D eigenvalue weighted by Gasteiger charge is 2.14. The number of hydrogen-bond acceptors (Lipinski definition) is 7. The Labute approximate surface area is 165 Å². The van der Waals surface area contributed by atoms with Gasteiger partial charge < -0.3 is 9.47 Å². The Bertz CT molecular complexity index is 1080. The fourth-order valence-electron chi connectivity index (χ4n) is 2.54. The van der Waals surface area contributed by atoms with Gasteiger partial charge in [-0.05, 0) is 36.4 Å². The standard InChI is InChI=1S/C20H15N3O4S/c1-26-17-6-3-13(4-7-17)18-12-28-20(22-18)15(11-21)9-14-10-16(23(24)25)5-8-19(14)27-2/h3-10,12H,1-2H3/b15-9+. The number of hydrogen-bond donors (Lipinski definition) is 0. The van der Waals surface area contributed by atoms with E-state index < -0.39 is 4.92 Å². The van der Waals surface area contributed by atoms with Crippen LogP contribution in [-0.4, -0.2) is 24.1 Å². The zero-order valence-corrected chi connectivity index (χ0v) is 15.9. The van der Waals surface area contributed by atoms with E-state index in [1.165, 1.54) is 36.6 Å². The van der Waals surface area contributed by atoms with Crippen LogP contribution in [0.5, 0.6) is 11.5 Å². The van der Waals surface area contributed by atoms with Crippen LogP contribution in [-0.2, 0) is 0 Å². The van der Waals surface area contributed by atoms with Gasteiger partial charge in [-0.25, -0.2) is 4.98 Å². The van der Waals surface area contributed by atoms with Gasteiger partial charge in [0, 0.05) is 28.6 Å². The molecule has 0 bridgehead atoms. The number of allylic oxidation sites excluding steroid dienone is 1. The first-order chi connectivity index (χ1) is 13.5. The van der Waals surface area contributed by atoms with Crippen molar-refractivity contribution >= 4 is 28.7 Å². The Balaban J connectivity index is 1.98. The lowest BCUT2D eigenvalue weighted by atomic mass is 10.1. The Kier molecular flexibility index (Phi) is 5.67. The smallest absolute Gasteiger partial charge is 0.270 e. The van der Waals surface area contributed by atoms with E-state index in [4.69, 9.17) is 9.47 Å². The molecule has 0 saturated carbocycles. The van der Waals surface area contributed by atoms with Crippen molar-refractivity contribution in [3.05, 3.63) is 68.5 Å². The summed E-state index contributed by atoms with van der Waals surface area (Å²) in [6.07, 6.45) is 1.54. The Morgan fingerprint density at radius 1 is 1.21 bits per heavy atom. The second-order valence-corrected chi connectivity index (χ2v) is 6.48. The minimum absolute atomic E-state index is 0.0811. The number of benzene rings is 2. The maximum Gasteiger partial charge on any atom is 0.270 e. The highest BCUT2D eigenvalue weighted by Crippen LogP contribution is 2.31. The molecule has 0 atom stereocenters. The first-order valence-electron chi connectivity index (χ1n) is 8.10. The monoisotopic (exact) mass is 393 g/mol. The number of ether oxygens (including phenoxy) is 2. The summed E-state index contributed by atoms with van der Waals surface area (Å²) in [4.78, 5) is 15.1. The molecule has 0 saturated heterocycles. The highest BCUT2D eigenvalue weighted by molar-refractivity contribution is 7.11. The number of aromatic nitrogens is 1. The van der Waals surface area contributed by atoms with Crippen LogP contribution in [0.4, 0.5) is 5.69 Å². The van der Waals surface area contributed by atoms with Crippen LogP contribution in [0, 0.1) is 21.4 Å². The molecule has 0 radical (unpaired) electrons. The van der Waals surface area contributed by atoms with E-state index in [1.807, 2.05) is 29.6 Å². The maximum absolute atomic E-state index is 11.0. The summed E-state index contributed by atoms with van der Waals surface area (Å²) in [6.45, 7) is 0. The van der Waals surface area contributed by atoms with Crippen LogP contribution in [0.25, 0.3) is 22.9 Å². The molecule has 0 unspecified atom stereocenters. The maximum atomic E-state index is 11.0. The molecule has 7 nitrogen and oxygen atoms in total. The van der Waals surface area contributed by atoms with Gasteiger partial charge in [0.05, 0.1) is 30.4 Å². The number of nitro groups is 1. The number of nitrogens with zero attached hydrogens (tertiary/aromatic N) is 3. The number of nitriles is 1. The predicted octanol–water partition coefficient (Wildman–Crippen LogP) is 4.80. The van der Waals surface area contributed by atoms with Gasteiger partial charge in [-0.1, -0.05) is 0 Å². The van der Waals surface area contributed by atoms with Gasteiger partial charge in [0.15, 0.2) is 0 Å². The summed E-state index contributed by atoms with van der Waals surface area (Å²) < 4.78 is 10.4. The SMILES string of the molecule is COc1ccc(-c2csc(/C(C#N)=C/c3cc([N+](=O)[O-])ccc3OC)n2)cc1. The van der Waals surface area contributed by atoms with E-state index >= 15 is 0 Å². The average Bonchev–Trinajstić information content (AvgIpc) is 3.21. The van der Waals surface area contributed by atoms with Crippen molar-refractivity contribution in [1.29, 1.82) is 5.26 Å². The van der Waals surface area contributed by atoms with Crippen molar-refractivity contribution < 1.29 is 14.4 Å². The molecular weight excluding hydrogens is 378 g/mol. The Hall–Kier alpha value is -3.70. The zero-order chi connectivity index (χ0) is 20.1. The summed E-state index contributed by atoms with van der Waals surface area (Å²) in [6, 6.07) is 13.8. The molecule has 1 aromatic heterocycles. The molecule has 2 aromatic carbocycles. The number of non-ortho nitro benzene ring substituents is 1. The van der Waals surface area contributed by atoms with Crippen LogP contribution < -0.4 is 9.47 Å². The van der Waals surface area contributed by atoms with Gasteiger partial charge in [0.2, 0.25) is 0 Å². The lowest BCUT2D eigenvalue weighted by Crippen LogP contribution is -1.92. The molecule has 3 aromatic rings. The second kappa shape index (κ2) is 8.33. The molecule has 0 aliphatic carbocycles. The van der Waals surface area contributed by atoms with Gasteiger partial charge in [-0.3, -0.25) is 10.1 Å². The summed E-state index contributed by atoms with van der Waals surface area (Å²) in [7, 11) is 3.07. The van der Waals surface area contributed by atoms with E-state index in [-0.39, 0.29) is 5.69 Å². The van der Waals surface area contributed by atoms with Gasteiger partial charge >= 0.3 is 0 Å². The van der Waals surface area contributed by atoms with Gasteiger partial charge in [0.25, 0.3) is 5.69 Å². The van der Waals surface area contributed by atoms with Gasteiger partial charge in [-0.15, -0.1) is 11.3 Å². The quantitative estimate of drug-likeness (QED) is 0.339. The van der Waals surface area contributed by atoms with E-state index in [0.717, 1.165) is 17.0 Å². The topological polar surface area (TPSA) is 98.3 Å². The molecule has 140 valence electrons. The van der Waals surface area contributed by atoms with Crippen LogP contribution >= 0.6 is 11.3 Å². The van der Waals surface area contributed by atoms with Crippen LogP contribution in [0.1, 0.15) is 10.6 Å². The number of nitro benzene ring substituents is 1. The fraction of sp³-hybridized carbons (Fsp3) is 0.100. The van der Waals surface area contributed by atoms with Crippen LogP contribution in [0.2, 0.25) is 0 Å². The molecule has 0 amide bonds. The average molecular weight is 393 g/mol. The molecule has 0 fully saturated rings. The molecule has 0 N–H and O–H groups in total. The van der Waals surface area contributed by atoms with Crippen molar-refractivity contribution in [2.75, 3.05) is 14.2 Å². The van der Waals surface area contributed by atoms with Crippen molar-refractivity contribution in [2.45, 2.75) is 0 Å². The summed E-state index contributed by atoms with van der Waals surface area (Å²) >= 11 is 1.32. The molecule has 8 heteroatoms. The minimum Gasteiger partial charge on any atom is -0.497 e. The lowest BCUT2D eigenvalue weighted by Gasteiger charge is -2.05. The van der Waals surface area contributed by atoms with Crippen molar-refractivity contribution in [1.82, 2.24) is 4.98 Å². The van der Waals surface area contributed by atoms with Crippen molar-refractivity contribution in [3.8, 4) is 28.8 Å². The largest absolute Gasteiger partial charge is 0.497 e. The summed E-state index contributed by atoms with van der Waals surface area (Å²) in [5, 5.41) is 23.0. The molecule has 1 heterocycles. The molecule has 0 aliphatic rings. The number of methoxy groups -OCH3 is 2. The summed E-state index contributed by atoms with van der Waals surface area (Å²) in [5.74, 6) is 1.18. The first kappa shape index (κ1) is 19.1. The molecular formula is C20H15N3O4S. The first-order valence-corrected chi connectivity index (χ1v) is 8.98. The van der Waals surface area contributed by atoms with Crippen molar-refractivity contribution in [3.63, 3.8) is 0 Å². The third-order valence-corrected chi connectivity index (χ3v) is 4.84. The molecule has 0 spiro atoms. The molecule has 28 heavy (non-hydrogen) atoms. The third-order valence-electron chi connectivity index (χ3n) is 3.96. The number of rotatable bonds is 6. The zero-order valence-electron chi connectivity index (χ0n) is 15.1. The van der Waals surface area contributed by atoms with E-state index in [9.17, 15) is 15.4 Å². The van der Waals surface area contributed by atoms with E-state index in [1.54, 1.807) is 13.2 Å². The minimum atomic E-state index is -0.492. The summed E-state index contributed by atoms with van der Waals surface area (Å²) in [5.41, 5.74) is 2.28.